The van der Waals surface area contributed by atoms with Gasteiger partial charge in [-0.05, 0) is 37.8 Å². The molecule has 22 heavy (non-hydrogen) atoms. The van der Waals surface area contributed by atoms with Gasteiger partial charge in [-0.1, -0.05) is 25.0 Å². The van der Waals surface area contributed by atoms with E-state index in [0.29, 0.717) is 0 Å². The van der Waals surface area contributed by atoms with Gasteiger partial charge in [0.15, 0.2) is 11.7 Å². The topological polar surface area (TPSA) is 0 Å². The van der Waals surface area contributed by atoms with Gasteiger partial charge in [0.1, 0.15) is 0 Å². The van der Waals surface area contributed by atoms with E-state index >= 15 is 0 Å². The lowest BCUT2D eigenvalue weighted by atomic mass is 9.96. The lowest BCUT2D eigenvalue weighted by molar-refractivity contribution is -0.158. The van der Waals surface area contributed by atoms with Crippen molar-refractivity contribution in [3.05, 3.63) is 47.1 Å². The molecule has 1 rings (SSSR count). The fourth-order valence-electron chi connectivity index (χ4n) is 1.66. The van der Waals surface area contributed by atoms with Gasteiger partial charge >= 0.3 is 11.8 Å². The van der Waals surface area contributed by atoms with Gasteiger partial charge in [0.2, 0.25) is 0 Å². The van der Waals surface area contributed by atoms with Gasteiger partial charge in [0.25, 0.3) is 0 Å². The van der Waals surface area contributed by atoms with Crippen LogP contribution in [0.3, 0.4) is 0 Å². The van der Waals surface area contributed by atoms with Crippen LogP contribution in [-0.2, 0) is 0 Å². The van der Waals surface area contributed by atoms with Gasteiger partial charge in [-0.2, -0.15) is 17.6 Å². The summed E-state index contributed by atoms with van der Waals surface area (Å²) < 4.78 is 81.0. The molecular formula is C16H14F6. The van der Waals surface area contributed by atoms with E-state index in [9.17, 15) is 26.3 Å². The molecule has 0 aromatic rings. The first-order valence-electron chi connectivity index (χ1n) is 6.30. The first-order chi connectivity index (χ1) is 9.92. The van der Waals surface area contributed by atoms with E-state index in [2.05, 4.69) is 13.2 Å². The monoisotopic (exact) mass is 320 g/mol. The quantitative estimate of drug-likeness (QED) is 0.358. The van der Waals surface area contributed by atoms with Crippen molar-refractivity contribution in [2.45, 2.75) is 38.5 Å². The van der Waals surface area contributed by atoms with E-state index in [1.54, 1.807) is 5.92 Å². The van der Waals surface area contributed by atoms with Crippen LogP contribution >= 0.6 is 0 Å². The Morgan fingerprint density at radius 3 is 2.05 bits per heavy atom. The first kappa shape index (κ1) is 18.1. The van der Waals surface area contributed by atoms with Crippen molar-refractivity contribution in [1.29, 1.82) is 0 Å². The minimum Gasteiger partial charge on any atom is -0.204 e. The zero-order chi connectivity index (χ0) is 17.3. The van der Waals surface area contributed by atoms with Crippen LogP contribution < -0.4 is 0 Å². The summed E-state index contributed by atoms with van der Waals surface area (Å²) >= 11 is 0. The van der Waals surface area contributed by atoms with Gasteiger partial charge in [-0.25, -0.2) is 8.78 Å². The third-order valence-electron chi connectivity index (χ3n) is 3.26. The number of hydrogen-bond acceptors (Lipinski definition) is 0. The van der Waals surface area contributed by atoms with Crippen LogP contribution in [0.2, 0.25) is 0 Å². The van der Waals surface area contributed by atoms with E-state index in [1.165, 1.54) is 6.92 Å². The van der Waals surface area contributed by atoms with E-state index in [4.69, 9.17) is 0 Å². The Balaban J connectivity index is 3.13. The van der Waals surface area contributed by atoms with Crippen molar-refractivity contribution in [3.63, 3.8) is 0 Å². The fraction of sp³-hybridized carbons (Fsp3) is 0.375. The molecule has 1 aliphatic carbocycles. The Kier molecular flexibility index (Phi) is 5.01. The molecule has 0 saturated heterocycles. The molecular weight excluding hydrogens is 306 g/mol. The predicted octanol–water partition coefficient (Wildman–Crippen LogP) is 5.65. The number of hydrogen-bond donors (Lipinski definition) is 0. The molecule has 6 heteroatoms. The Hall–Kier alpha value is -1.90. The Morgan fingerprint density at radius 2 is 1.55 bits per heavy atom. The third kappa shape index (κ3) is 3.13. The molecule has 0 radical (unpaired) electrons. The van der Waals surface area contributed by atoms with Crippen molar-refractivity contribution >= 4 is 0 Å². The van der Waals surface area contributed by atoms with E-state index < -0.39 is 34.6 Å². The number of halogens is 6. The lowest BCUT2D eigenvalue weighted by Crippen LogP contribution is -2.42. The molecule has 0 saturated carbocycles. The van der Waals surface area contributed by atoms with Gasteiger partial charge < -0.3 is 0 Å². The summed E-state index contributed by atoms with van der Waals surface area (Å²) in [4.78, 5) is 0. The normalized spacial score (nSPS) is 16.4. The molecule has 0 N–H and O–H groups in total. The first-order valence-corrected chi connectivity index (χ1v) is 6.30. The Labute approximate surface area is 124 Å². The molecule has 0 unspecified atom stereocenters. The maximum Gasteiger partial charge on any atom is 0.346 e. The van der Waals surface area contributed by atoms with Crippen LogP contribution in [0.15, 0.2) is 47.1 Å². The van der Waals surface area contributed by atoms with Crippen LogP contribution in [0.25, 0.3) is 0 Å². The second-order valence-corrected chi connectivity index (χ2v) is 5.04. The number of rotatable bonds is 3. The molecule has 0 amide bonds. The zero-order valence-electron chi connectivity index (χ0n) is 12.1. The van der Waals surface area contributed by atoms with Crippen molar-refractivity contribution in [1.82, 2.24) is 0 Å². The summed E-state index contributed by atoms with van der Waals surface area (Å²) in [7, 11) is 0. The molecule has 0 fully saturated rings. The molecule has 1 aliphatic rings. The minimum atomic E-state index is -4.65. The molecule has 120 valence electrons. The molecule has 0 aromatic heterocycles. The van der Waals surface area contributed by atoms with Gasteiger partial charge in [-0.15, -0.1) is 0 Å². The largest absolute Gasteiger partial charge is 0.346 e. The molecule has 0 atom stereocenters. The Bertz CT molecular complexity index is 637. The van der Waals surface area contributed by atoms with Gasteiger partial charge in [0.05, 0.1) is 5.57 Å². The summed E-state index contributed by atoms with van der Waals surface area (Å²) in [6, 6.07) is 0. The van der Waals surface area contributed by atoms with Crippen LogP contribution in [0.4, 0.5) is 26.3 Å². The predicted molar refractivity (Wildman–Crippen MR) is 72.8 cm³/mol. The molecule has 0 bridgehead atoms. The molecule has 0 heterocycles. The second kappa shape index (κ2) is 6.07. The highest BCUT2D eigenvalue weighted by molar-refractivity contribution is 5.47. The number of alkyl halides is 4. The smallest absolute Gasteiger partial charge is 0.204 e. The Morgan fingerprint density at radius 1 is 1.00 bits per heavy atom. The minimum absolute atomic E-state index is 0.00776. The maximum absolute atomic E-state index is 13.6. The lowest BCUT2D eigenvalue weighted by Gasteiger charge is -2.26. The standard InChI is InChI=1S/C16H14F6/c1-9(2)15(19,20)16(21,22)11(4)6-8-12-7-5-10(3)13(17)14(12)18/h1,4-5,7H2,2-3H3. The van der Waals surface area contributed by atoms with E-state index in [1.807, 2.05) is 5.92 Å². The highest BCUT2D eigenvalue weighted by Crippen LogP contribution is 2.43. The van der Waals surface area contributed by atoms with Gasteiger partial charge in [0, 0.05) is 5.57 Å². The van der Waals surface area contributed by atoms with Crippen molar-refractivity contribution < 1.29 is 26.3 Å². The highest BCUT2D eigenvalue weighted by atomic mass is 19.3. The summed E-state index contributed by atoms with van der Waals surface area (Å²) in [5.41, 5.74) is -2.60. The van der Waals surface area contributed by atoms with Crippen LogP contribution in [0.1, 0.15) is 26.7 Å². The third-order valence-corrected chi connectivity index (χ3v) is 3.26. The van der Waals surface area contributed by atoms with Crippen LogP contribution in [-0.4, -0.2) is 11.8 Å². The average molecular weight is 320 g/mol. The zero-order valence-corrected chi connectivity index (χ0v) is 12.1. The summed E-state index contributed by atoms with van der Waals surface area (Å²) in [5, 5.41) is 0. The van der Waals surface area contributed by atoms with E-state index in [-0.39, 0.29) is 24.0 Å². The summed E-state index contributed by atoms with van der Waals surface area (Å²) in [6.07, 6.45) is 0.182. The second-order valence-electron chi connectivity index (χ2n) is 5.04. The SMILES string of the molecule is C=C(C)C(F)(F)C(F)(F)C(=C)C#CC1=C(F)C(F)=C(C)CC1. The van der Waals surface area contributed by atoms with Crippen LogP contribution in [0.5, 0.6) is 0 Å². The average Bonchev–Trinajstić information content (AvgIpc) is 2.43. The molecule has 0 aromatic carbocycles. The van der Waals surface area contributed by atoms with E-state index in [0.717, 1.165) is 6.92 Å². The van der Waals surface area contributed by atoms with Crippen LogP contribution in [0, 0.1) is 11.8 Å². The molecule has 0 aliphatic heterocycles. The summed E-state index contributed by atoms with van der Waals surface area (Å²) in [6.45, 7) is 7.77. The molecule has 0 spiro atoms. The highest BCUT2D eigenvalue weighted by Gasteiger charge is 2.58. The molecule has 0 nitrogen and oxygen atoms in total. The van der Waals surface area contributed by atoms with Gasteiger partial charge in [-0.3, -0.25) is 0 Å². The van der Waals surface area contributed by atoms with Crippen molar-refractivity contribution in [2.75, 3.05) is 0 Å². The number of allylic oxidation sites excluding steroid dienone is 6. The fourth-order valence-corrected chi connectivity index (χ4v) is 1.66. The van der Waals surface area contributed by atoms with Crippen molar-refractivity contribution in [3.8, 4) is 11.8 Å². The summed E-state index contributed by atoms with van der Waals surface area (Å²) in [5.74, 6) is -7.83. The maximum atomic E-state index is 13.6. The van der Waals surface area contributed by atoms with Crippen molar-refractivity contribution in [2.24, 2.45) is 0 Å².